The van der Waals surface area contributed by atoms with Gasteiger partial charge in [-0.3, -0.25) is 0 Å². The minimum absolute atomic E-state index is 0.127. The second-order valence-corrected chi connectivity index (χ2v) is 6.25. The number of nitriles is 1. The van der Waals surface area contributed by atoms with E-state index >= 15 is 0 Å². The van der Waals surface area contributed by atoms with Gasteiger partial charge < -0.3 is 5.73 Å². The highest BCUT2D eigenvalue weighted by atomic mass is 32.2. The van der Waals surface area contributed by atoms with E-state index in [9.17, 15) is 8.42 Å². The van der Waals surface area contributed by atoms with Gasteiger partial charge in [-0.15, -0.1) is 0 Å². The van der Waals surface area contributed by atoms with Gasteiger partial charge in [0.15, 0.2) is 9.84 Å². The molecule has 0 atom stereocenters. The SMILES string of the molecule is Cc1cc(N)c(C#N)cc1-n1cc(S(C)(=O)=O)cn1. The van der Waals surface area contributed by atoms with Gasteiger partial charge in [-0.2, -0.15) is 10.4 Å². The van der Waals surface area contributed by atoms with E-state index in [4.69, 9.17) is 11.0 Å². The Kier molecular flexibility index (Phi) is 3.04. The quantitative estimate of drug-likeness (QED) is 0.826. The third-order valence-electron chi connectivity index (χ3n) is 2.72. The van der Waals surface area contributed by atoms with Crippen LogP contribution in [0.25, 0.3) is 5.69 Å². The molecule has 0 aliphatic rings. The van der Waals surface area contributed by atoms with E-state index in [1.54, 1.807) is 12.1 Å². The van der Waals surface area contributed by atoms with Gasteiger partial charge in [-0.05, 0) is 24.6 Å². The number of rotatable bonds is 2. The molecule has 2 aromatic rings. The molecule has 0 saturated heterocycles. The molecule has 98 valence electrons. The first-order valence-corrected chi connectivity index (χ1v) is 7.27. The molecule has 0 bridgehead atoms. The lowest BCUT2D eigenvalue weighted by Gasteiger charge is -2.08. The third-order valence-corrected chi connectivity index (χ3v) is 3.79. The van der Waals surface area contributed by atoms with Crippen molar-refractivity contribution in [3.63, 3.8) is 0 Å². The zero-order valence-corrected chi connectivity index (χ0v) is 11.3. The fourth-order valence-corrected chi connectivity index (χ4v) is 2.22. The maximum atomic E-state index is 11.4. The van der Waals surface area contributed by atoms with Gasteiger partial charge in [0.2, 0.25) is 0 Å². The van der Waals surface area contributed by atoms with Crippen LogP contribution in [0.3, 0.4) is 0 Å². The predicted molar refractivity (Wildman–Crippen MR) is 70.5 cm³/mol. The molecule has 2 N–H and O–H groups in total. The number of nitrogen functional groups attached to an aromatic ring is 1. The number of anilines is 1. The average Bonchev–Trinajstić information content (AvgIpc) is 2.78. The molecule has 2 rings (SSSR count). The van der Waals surface area contributed by atoms with Crippen LogP contribution in [-0.2, 0) is 9.84 Å². The van der Waals surface area contributed by atoms with Crippen molar-refractivity contribution >= 4 is 15.5 Å². The fraction of sp³-hybridized carbons (Fsp3) is 0.167. The van der Waals surface area contributed by atoms with Crippen molar-refractivity contribution in [2.24, 2.45) is 0 Å². The van der Waals surface area contributed by atoms with E-state index in [1.807, 2.05) is 13.0 Å². The number of aryl methyl sites for hydroxylation is 1. The number of nitrogens with two attached hydrogens (primary N) is 1. The molecule has 0 radical (unpaired) electrons. The Balaban J connectivity index is 2.60. The average molecular weight is 276 g/mol. The van der Waals surface area contributed by atoms with E-state index < -0.39 is 9.84 Å². The van der Waals surface area contributed by atoms with Gasteiger partial charge in [0, 0.05) is 18.1 Å². The van der Waals surface area contributed by atoms with Crippen molar-refractivity contribution < 1.29 is 8.42 Å². The molecule has 7 heteroatoms. The monoisotopic (exact) mass is 276 g/mol. The highest BCUT2D eigenvalue weighted by Crippen LogP contribution is 2.22. The number of nitrogens with zero attached hydrogens (tertiary/aromatic N) is 3. The van der Waals surface area contributed by atoms with Crippen molar-refractivity contribution in [2.75, 3.05) is 12.0 Å². The topological polar surface area (TPSA) is 102 Å². The van der Waals surface area contributed by atoms with Crippen LogP contribution in [0.2, 0.25) is 0 Å². The highest BCUT2D eigenvalue weighted by molar-refractivity contribution is 7.90. The van der Waals surface area contributed by atoms with Crippen LogP contribution in [-0.4, -0.2) is 24.5 Å². The second-order valence-electron chi connectivity index (χ2n) is 4.23. The molecule has 1 aromatic carbocycles. The lowest BCUT2D eigenvalue weighted by Crippen LogP contribution is -2.01. The summed E-state index contributed by atoms with van der Waals surface area (Å²) >= 11 is 0. The maximum absolute atomic E-state index is 11.4. The van der Waals surface area contributed by atoms with Gasteiger partial charge in [-0.1, -0.05) is 0 Å². The maximum Gasteiger partial charge on any atom is 0.178 e. The van der Waals surface area contributed by atoms with Crippen molar-refractivity contribution in [1.29, 1.82) is 5.26 Å². The molecule has 19 heavy (non-hydrogen) atoms. The molecular formula is C12H12N4O2S. The van der Waals surface area contributed by atoms with E-state index in [2.05, 4.69) is 5.10 Å². The molecule has 0 unspecified atom stereocenters. The van der Waals surface area contributed by atoms with E-state index in [0.29, 0.717) is 16.9 Å². The van der Waals surface area contributed by atoms with Crippen LogP contribution >= 0.6 is 0 Å². The Hall–Kier alpha value is -2.33. The number of hydrogen-bond acceptors (Lipinski definition) is 5. The van der Waals surface area contributed by atoms with Crippen LogP contribution in [0.1, 0.15) is 11.1 Å². The Labute approximate surface area is 111 Å². The summed E-state index contributed by atoms with van der Waals surface area (Å²) in [6, 6.07) is 5.23. The number of benzene rings is 1. The Morgan fingerprint density at radius 2 is 2.11 bits per heavy atom. The summed E-state index contributed by atoms with van der Waals surface area (Å²) < 4.78 is 24.3. The zero-order chi connectivity index (χ0) is 14.2. The molecule has 6 nitrogen and oxygen atoms in total. The smallest absolute Gasteiger partial charge is 0.178 e. The third kappa shape index (κ3) is 2.44. The molecule has 0 amide bonds. The first-order chi connectivity index (χ1) is 8.82. The molecular weight excluding hydrogens is 264 g/mol. The van der Waals surface area contributed by atoms with Crippen molar-refractivity contribution in [3.05, 3.63) is 35.7 Å². The first kappa shape index (κ1) is 13.1. The van der Waals surface area contributed by atoms with Crippen molar-refractivity contribution in [2.45, 2.75) is 11.8 Å². The number of aromatic nitrogens is 2. The Morgan fingerprint density at radius 3 is 2.63 bits per heavy atom. The van der Waals surface area contributed by atoms with Gasteiger partial charge in [0.25, 0.3) is 0 Å². The largest absolute Gasteiger partial charge is 0.398 e. The van der Waals surface area contributed by atoms with Crippen LogP contribution in [0.5, 0.6) is 0 Å². The fourth-order valence-electron chi connectivity index (χ4n) is 1.69. The molecule has 0 fully saturated rings. The van der Waals surface area contributed by atoms with Crippen LogP contribution < -0.4 is 5.73 Å². The normalized spacial score (nSPS) is 11.2. The number of sulfone groups is 1. The first-order valence-electron chi connectivity index (χ1n) is 5.38. The molecule has 1 aromatic heterocycles. The summed E-state index contributed by atoms with van der Waals surface area (Å²) in [7, 11) is -3.30. The summed E-state index contributed by atoms with van der Waals surface area (Å²) in [6.07, 6.45) is 3.80. The highest BCUT2D eigenvalue weighted by Gasteiger charge is 2.13. The standard InChI is InChI=1S/C12H12N4O2S/c1-8-3-11(14)9(5-13)4-12(8)16-7-10(6-15-16)19(2,17)18/h3-4,6-7H,14H2,1-2H3. The minimum Gasteiger partial charge on any atom is -0.398 e. The summed E-state index contributed by atoms with van der Waals surface area (Å²) in [5, 5.41) is 13.0. The van der Waals surface area contributed by atoms with Crippen LogP contribution in [0, 0.1) is 18.3 Å². The van der Waals surface area contributed by atoms with Crippen LogP contribution in [0.15, 0.2) is 29.4 Å². The molecule has 0 aliphatic carbocycles. The van der Waals surface area contributed by atoms with Gasteiger partial charge in [-0.25, -0.2) is 13.1 Å². The Bertz CT molecular complexity index is 785. The summed E-state index contributed by atoms with van der Waals surface area (Å²) in [6.45, 7) is 1.81. The van der Waals surface area contributed by atoms with Gasteiger partial charge >= 0.3 is 0 Å². The zero-order valence-electron chi connectivity index (χ0n) is 10.5. The molecule has 0 spiro atoms. The number of hydrogen-bond donors (Lipinski definition) is 1. The predicted octanol–water partition coefficient (Wildman–Crippen LogP) is 1.04. The summed E-state index contributed by atoms with van der Waals surface area (Å²) in [4.78, 5) is 0.127. The van der Waals surface area contributed by atoms with Crippen LogP contribution in [0.4, 0.5) is 5.69 Å². The van der Waals surface area contributed by atoms with Crippen molar-refractivity contribution in [3.8, 4) is 11.8 Å². The molecule has 0 saturated carbocycles. The molecule has 1 heterocycles. The Morgan fingerprint density at radius 1 is 1.42 bits per heavy atom. The van der Waals surface area contributed by atoms with E-state index in [0.717, 1.165) is 11.8 Å². The van der Waals surface area contributed by atoms with E-state index in [-0.39, 0.29) is 4.90 Å². The van der Waals surface area contributed by atoms with Gasteiger partial charge in [0.05, 0.1) is 17.4 Å². The molecule has 0 aliphatic heterocycles. The lowest BCUT2D eigenvalue weighted by atomic mass is 10.1. The van der Waals surface area contributed by atoms with Gasteiger partial charge in [0.1, 0.15) is 11.0 Å². The summed E-state index contributed by atoms with van der Waals surface area (Å²) in [5.74, 6) is 0. The summed E-state index contributed by atoms with van der Waals surface area (Å²) in [5.41, 5.74) is 7.85. The minimum atomic E-state index is -3.30. The second kappa shape index (κ2) is 4.40. The van der Waals surface area contributed by atoms with Crippen molar-refractivity contribution in [1.82, 2.24) is 9.78 Å². The lowest BCUT2D eigenvalue weighted by molar-refractivity contribution is 0.602. The van der Waals surface area contributed by atoms with E-state index in [1.165, 1.54) is 17.1 Å².